The molecular formula is C20H26N4O3. The van der Waals surface area contributed by atoms with Crippen molar-refractivity contribution in [2.45, 2.75) is 39.7 Å². The Kier molecular flexibility index (Phi) is 5.21. The minimum Gasteiger partial charge on any atom is -0.330 e. The first kappa shape index (κ1) is 18.9. The van der Waals surface area contributed by atoms with E-state index in [4.69, 9.17) is 0 Å². The van der Waals surface area contributed by atoms with Crippen LogP contribution in [0.2, 0.25) is 0 Å². The number of nitrogens with zero attached hydrogens (tertiary/aromatic N) is 3. The highest BCUT2D eigenvalue weighted by Gasteiger charge is 2.35. The molecule has 1 atom stereocenters. The largest absolute Gasteiger partial charge is 0.330 e. The number of nitrogens with one attached hydrogen (secondary N) is 1. The molecule has 1 aliphatic rings. The van der Waals surface area contributed by atoms with Crippen molar-refractivity contribution in [3.05, 3.63) is 46.4 Å². The van der Waals surface area contributed by atoms with Gasteiger partial charge < -0.3 is 10.2 Å². The van der Waals surface area contributed by atoms with Gasteiger partial charge in [-0.1, -0.05) is 32.0 Å². The second kappa shape index (κ2) is 7.42. The number of benzene rings is 1. The molecule has 7 heteroatoms. The maximum absolute atomic E-state index is 13.0. The minimum absolute atomic E-state index is 0.00432. The second-order valence-electron chi connectivity index (χ2n) is 7.31. The van der Waals surface area contributed by atoms with Crippen molar-refractivity contribution >= 4 is 17.5 Å². The monoisotopic (exact) mass is 370 g/mol. The van der Waals surface area contributed by atoms with Crippen molar-refractivity contribution in [2.24, 2.45) is 13.0 Å². The first-order valence-electron chi connectivity index (χ1n) is 9.27. The number of hydrogen-bond donors (Lipinski definition) is 1. The van der Waals surface area contributed by atoms with E-state index in [9.17, 15) is 14.4 Å². The van der Waals surface area contributed by atoms with Gasteiger partial charge in [0.15, 0.2) is 0 Å². The van der Waals surface area contributed by atoms with E-state index in [0.717, 1.165) is 12.1 Å². The van der Waals surface area contributed by atoms with Gasteiger partial charge in [-0.15, -0.1) is 0 Å². The average Bonchev–Trinajstić information content (AvgIpc) is 3.13. The summed E-state index contributed by atoms with van der Waals surface area (Å²) < 4.78 is 3.25. The highest BCUT2D eigenvalue weighted by Crippen LogP contribution is 2.21. The molecule has 1 aliphatic heterocycles. The molecule has 0 spiro atoms. The molecule has 0 saturated carbocycles. The number of carbonyl (C=O) groups excluding carboxylic acids is 2. The summed E-state index contributed by atoms with van der Waals surface area (Å²) >= 11 is 0. The lowest BCUT2D eigenvalue weighted by molar-refractivity contribution is -0.136. The molecular weight excluding hydrogens is 344 g/mol. The number of para-hydroxylation sites is 1. The predicted octanol–water partition coefficient (Wildman–Crippen LogP) is 2.07. The zero-order chi connectivity index (χ0) is 19.7. The van der Waals surface area contributed by atoms with E-state index in [0.29, 0.717) is 18.7 Å². The molecule has 1 aromatic heterocycles. The van der Waals surface area contributed by atoms with Crippen LogP contribution in [0.4, 0.5) is 5.69 Å². The van der Waals surface area contributed by atoms with Gasteiger partial charge in [0.05, 0.1) is 11.4 Å². The Bertz CT molecular complexity index is 911. The normalized spacial score (nSPS) is 15.4. The number of anilines is 1. The van der Waals surface area contributed by atoms with Crippen molar-refractivity contribution in [1.29, 1.82) is 0 Å². The molecule has 1 aromatic carbocycles. The number of carbonyl (C=O) groups is 2. The molecule has 27 heavy (non-hydrogen) atoms. The number of rotatable bonds is 5. The van der Waals surface area contributed by atoms with Gasteiger partial charge in [0, 0.05) is 20.0 Å². The Morgan fingerprint density at radius 2 is 1.81 bits per heavy atom. The quantitative estimate of drug-likeness (QED) is 0.875. The first-order chi connectivity index (χ1) is 12.8. The SMILES string of the molecule is Cc1c(NC(=O)C(C(C)C)N2CCCC2=O)c(=O)n(-c2ccccc2)n1C. The van der Waals surface area contributed by atoms with E-state index >= 15 is 0 Å². The predicted molar refractivity (Wildman–Crippen MR) is 104 cm³/mol. The van der Waals surface area contributed by atoms with Crippen LogP contribution in [0.3, 0.4) is 0 Å². The maximum Gasteiger partial charge on any atom is 0.295 e. The third-order valence-electron chi connectivity index (χ3n) is 5.15. The van der Waals surface area contributed by atoms with Crippen LogP contribution in [0.25, 0.3) is 5.69 Å². The fraction of sp³-hybridized carbons (Fsp3) is 0.450. The van der Waals surface area contributed by atoms with Crippen LogP contribution in [0.5, 0.6) is 0 Å². The number of amides is 2. The van der Waals surface area contributed by atoms with Crippen LogP contribution < -0.4 is 10.9 Å². The summed E-state index contributed by atoms with van der Waals surface area (Å²) in [4.78, 5) is 39.7. The van der Waals surface area contributed by atoms with E-state index < -0.39 is 6.04 Å². The van der Waals surface area contributed by atoms with E-state index in [-0.39, 0.29) is 29.0 Å². The highest BCUT2D eigenvalue weighted by molar-refractivity contribution is 5.98. The Balaban J connectivity index is 1.94. The first-order valence-corrected chi connectivity index (χ1v) is 9.27. The summed E-state index contributed by atoms with van der Waals surface area (Å²) in [5.74, 6) is -0.367. The van der Waals surface area contributed by atoms with E-state index in [1.54, 1.807) is 23.6 Å². The second-order valence-corrected chi connectivity index (χ2v) is 7.31. The van der Waals surface area contributed by atoms with Crippen LogP contribution >= 0.6 is 0 Å². The molecule has 1 saturated heterocycles. The molecule has 1 N–H and O–H groups in total. The van der Waals surface area contributed by atoms with E-state index in [1.165, 1.54) is 4.68 Å². The summed E-state index contributed by atoms with van der Waals surface area (Å²) in [6, 6.07) is 8.70. The van der Waals surface area contributed by atoms with Crippen LogP contribution in [0.1, 0.15) is 32.4 Å². The van der Waals surface area contributed by atoms with Gasteiger partial charge in [0.2, 0.25) is 11.8 Å². The molecule has 144 valence electrons. The molecule has 1 unspecified atom stereocenters. The summed E-state index contributed by atoms with van der Waals surface area (Å²) in [6.07, 6.45) is 1.24. The third kappa shape index (κ3) is 3.41. The van der Waals surface area contributed by atoms with Gasteiger partial charge in [0.1, 0.15) is 11.7 Å². The smallest absolute Gasteiger partial charge is 0.295 e. The fourth-order valence-electron chi connectivity index (χ4n) is 3.68. The Labute approximate surface area is 158 Å². The molecule has 2 heterocycles. The minimum atomic E-state index is -0.579. The van der Waals surface area contributed by atoms with Crippen LogP contribution in [0, 0.1) is 12.8 Å². The zero-order valence-electron chi connectivity index (χ0n) is 16.2. The molecule has 2 aromatic rings. The summed E-state index contributed by atoms with van der Waals surface area (Å²) in [5, 5.41) is 2.80. The lowest BCUT2D eigenvalue weighted by Gasteiger charge is -2.29. The zero-order valence-corrected chi connectivity index (χ0v) is 16.2. The van der Waals surface area contributed by atoms with E-state index in [1.807, 2.05) is 44.2 Å². The summed E-state index contributed by atoms with van der Waals surface area (Å²) in [6.45, 7) is 6.20. The van der Waals surface area contributed by atoms with Gasteiger partial charge in [-0.25, -0.2) is 4.68 Å². The van der Waals surface area contributed by atoms with Gasteiger partial charge in [0.25, 0.3) is 5.56 Å². The van der Waals surface area contributed by atoms with Crippen LogP contribution in [-0.2, 0) is 16.6 Å². The summed E-state index contributed by atoms with van der Waals surface area (Å²) in [7, 11) is 1.78. The van der Waals surface area contributed by atoms with Gasteiger partial charge >= 0.3 is 0 Å². The standard InChI is InChI=1S/C20H26N4O3/c1-13(2)18(23-12-8-11-16(23)25)19(26)21-17-14(3)22(4)24(20(17)27)15-9-6-5-7-10-15/h5-7,9-10,13,18H,8,11-12H2,1-4H3,(H,21,26). The van der Waals surface area contributed by atoms with E-state index in [2.05, 4.69) is 5.32 Å². The Hall–Kier alpha value is -2.83. The number of hydrogen-bond acceptors (Lipinski definition) is 3. The van der Waals surface area contributed by atoms with Gasteiger partial charge in [-0.2, -0.15) is 0 Å². The third-order valence-corrected chi connectivity index (χ3v) is 5.15. The number of aromatic nitrogens is 2. The van der Waals surface area contributed by atoms with Crippen molar-refractivity contribution in [3.8, 4) is 5.69 Å². The molecule has 0 radical (unpaired) electrons. The Morgan fingerprint density at radius 1 is 1.15 bits per heavy atom. The lowest BCUT2D eigenvalue weighted by Crippen LogP contribution is -2.48. The number of likely N-dealkylation sites (tertiary alicyclic amines) is 1. The lowest BCUT2D eigenvalue weighted by atomic mass is 10.0. The molecule has 2 amide bonds. The van der Waals surface area contributed by atoms with Crippen molar-refractivity contribution in [1.82, 2.24) is 14.3 Å². The van der Waals surface area contributed by atoms with Crippen molar-refractivity contribution in [3.63, 3.8) is 0 Å². The van der Waals surface area contributed by atoms with Gasteiger partial charge in [-0.05, 0) is 31.4 Å². The molecule has 1 fully saturated rings. The molecule has 0 bridgehead atoms. The maximum atomic E-state index is 13.0. The van der Waals surface area contributed by atoms with Crippen molar-refractivity contribution in [2.75, 3.05) is 11.9 Å². The van der Waals surface area contributed by atoms with Gasteiger partial charge in [-0.3, -0.25) is 19.1 Å². The highest BCUT2D eigenvalue weighted by atomic mass is 16.2. The van der Waals surface area contributed by atoms with Crippen LogP contribution in [-0.4, -0.2) is 38.7 Å². The molecule has 7 nitrogen and oxygen atoms in total. The van der Waals surface area contributed by atoms with Crippen LogP contribution in [0.15, 0.2) is 35.1 Å². The fourth-order valence-corrected chi connectivity index (χ4v) is 3.68. The average molecular weight is 370 g/mol. The topological polar surface area (TPSA) is 76.3 Å². The summed E-state index contributed by atoms with van der Waals surface area (Å²) in [5.41, 5.74) is 1.35. The Morgan fingerprint density at radius 3 is 2.37 bits per heavy atom. The molecule has 3 rings (SSSR count). The molecule has 0 aliphatic carbocycles. The van der Waals surface area contributed by atoms with Crippen molar-refractivity contribution < 1.29 is 9.59 Å².